The Bertz CT molecular complexity index is 291. The maximum atomic E-state index is 10.7. The Morgan fingerprint density at radius 1 is 1.92 bits per heavy atom. The van der Waals surface area contributed by atoms with Gasteiger partial charge in [-0.15, -0.1) is 0 Å². The van der Waals surface area contributed by atoms with Gasteiger partial charge in [0, 0.05) is 6.07 Å². The molecule has 0 fully saturated rings. The molecule has 4 heteroatoms. The van der Waals surface area contributed by atoms with Crippen molar-refractivity contribution in [3.63, 3.8) is 0 Å². The zero-order valence-corrected chi connectivity index (χ0v) is 6.83. The van der Waals surface area contributed by atoms with E-state index in [2.05, 4.69) is 17.1 Å². The minimum atomic E-state index is -0.218. The van der Waals surface area contributed by atoms with Crippen molar-refractivity contribution in [2.75, 3.05) is 0 Å². The van der Waals surface area contributed by atoms with E-state index in [1.54, 1.807) is 6.07 Å². The number of carbonyl (C=O) groups is 1. The van der Waals surface area contributed by atoms with Crippen LogP contribution in [0.25, 0.3) is 0 Å². The van der Waals surface area contributed by atoms with E-state index < -0.39 is 0 Å². The van der Waals surface area contributed by atoms with Crippen LogP contribution in [0.2, 0.25) is 0 Å². The highest BCUT2D eigenvalue weighted by atomic mass is 16.5. The van der Waals surface area contributed by atoms with E-state index in [0.29, 0.717) is 12.3 Å². The summed E-state index contributed by atoms with van der Waals surface area (Å²) < 4.78 is 4.86. The quantitative estimate of drug-likeness (QED) is 0.675. The summed E-state index contributed by atoms with van der Waals surface area (Å²) >= 11 is 0. The molecule has 12 heavy (non-hydrogen) atoms. The van der Waals surface area contributed by atoms with Gasteiger partial charge in [0.2, 0.25) is 5.91 Å². The molecule has 1 aromatic heterocycles. The number of aromatic nitrogens is 1. The number of rotatable bonds is 3. The zero-order valence-electron chi connectivity index (χ0n) is 6.83. The molecule has 1 aromatic rings. The van der Waals surface area contributed by atoms with Crippen molar-refractivity contribution in [3.8, 4) is 0 Å². The number of aryl methyl sites for hydroxylation is 1. The lowest BCUT2D eigenvalue weighted by Crippen LogP contribution is -2.19. The van der Waals surface area contributed by atoms with E-state index >= 15 is 0 Å². The summed E-state index contributed by atoms with van der Waals surface area (Å²) in [6.45, 7) is 5.49. The summed E-state index contributed by atoms with van der Waals surface area (Å²) in [7, 11) is 0. The van der Waals surface area contributed by atoms with Crippen LogP contribution in [0.4, 0.5) is 0 Å². The van der Waals surface area contributed by atoms with Crippen LogP contribution >= 0.6 is 0 Å². The summed E-state index contributed by atoms with van der Waals surface area (Å²) in [6.07, 6.45) is 1.21. The largest absolute Gasteiger partial charge is 0.359 e. The van der Waals surface area contributed by atoms with Crippen LogP contribution in [0, 0.1) is 6.92 Å². The molecule has 1 heterocycles. The number of nitrogens with zero attached hydrogens (tertiary/aromatic N) is 1. The fraction of sp³-hybridized carbons (Fsp3) is 0.250. The van der Waals surface area contributed by atoms with Crippen molar-refractivity contribution in [1.29, 1.82) is 0 Å². The Balaban J connectivity index is 2.43. The van der Waals surface area contributed by atoms with E-state index in [1.165, 1.54) is 6.08 Å². The molecule has 0 atom stereocenters. The highest BCUT2D eigenvalue weighted by molar-refractivity contribution is 5.86. The van der Waals surface area contributed by atoms with Crippen LogP contribution in [-0.2, 0) is 11.3 Å². The molecule has 0 aliphatic carbocycles. The Hall–Kier alpha value is -1.58. The van der Waals surface area contributed by atoms with Gasteiger partial charge in [0.1, 0.15) is 0 Å². The van der Waals surface area contributed by atoms with E-state index in [9.17, 15) is 4.79 Å². The highest BCUT2D eigenvalue weighted by Gasteiger charge is 2.00. The molecule has 1 amide bonds. The summed E-state index contributed by atoms with van der Waals surface area (Å²) in [5, 5.41) is 6.24. The summed E-state index contributed by atoms with van der Waals surface area (Å²) in [5.74, 6) is 0.423. The number of carbonyl (C=O) groups excluding carboxylic acids is 1. The molecule has 0 spiro atoms. The first-order chi connectivity index (χ1) is 5.72. The average molecular weight is 166 g/mol. The number of hydrogen-bond donors (Lipinski definition) is 1. The molecule has 0 aliphatic heterocycles. The molecule has 0 unspecified atom stereocenters. The van der Waals surface area contributed by atoms with E-state index in [0.717, 1.165) is 5.69 Å². The SMILES string of the molecule is C=CC(=O)NCc1cc(C)no1. The summed E-state index contributed by atoms with van der Waals surface area (Å²) in [5.41, 5.74) is 0.804. The molecule has 64 valence electrons. The first-order valence-electron chi connectivity index (χ1n) is 3.55. The molecule has 0 radical (unpaired) electrons. The second-order valence-corrected chi connectivity index (χ2v) is 2.36. The van der Waals surface area contributed by atoms with Crippen molar-refractivity contribution in [2.45, 2.75) is 13.5 Å². The van der Waals surface area contributed by atoms with Gasteiger partial charge in [0.25, 0.3) is 0 Å². The second-order valence-electron chi connectivity index (χ2n) is 2.36. The van der Waals surface area contributed by atoms with Gasteiger partial charge in [-0.2, -0.15) is 0 Å². The van der Waals surface area contributed by atoms with Crippen LogP contribution in [0.3, 0.4) is 0 Å². The van der Waals surface area contributed by atoms with Gasteiger partial charge < -0.3 is 9.84 Å². The van der Waals surface area contributed by atoms with Crippen molar-refractivity contribution in [2.24, 2.45) is 0 Å². The number of amides is 1. The van der Waals surface area contributed by atoms with Crippen molar-refractivity contribution in [1.82, 2.24) is 10.5 Å². The lowest BCUT2D eigenvalue weighted by Gasteiger charge is -1.95. The maximum absolute atomic E-state index is 10.7. The molecule has 0 bridgehead atoms. The average Bonchev–Trinajstić information content (AvgIpc) is 2.47. The minimum Gasteiger partial charge on any atom is -0.359 e. The number of nitrogens with one attached hydrogen (secondary N) is 1. The zero-order chi connectivity index (χ0) is 8.97. The van der Waals surface area contributed by atoms with Crippen LogP contribution in [0.15, 0.2) is 23.2 Å². The van der Waals surface area contributed by atoms with Gasteiger partial charge in [-0.25, -0.2) is 0 Å². The maximum Gasteiger partial charge on any atom is 0.243 e. The normalized spacial score (nSPS) is 9.42. The van der Waals surface area contributed by atoms with Crippen molar-refractivity contribution < 1.29 is 9.32 Å². The Morgan fingerprint density at radius 3 is 3.17 bits per heavy atom. The predicted molar refractivity (Wildman–Crippen MR) is 43.3 cm³/mol. The monoisotopic (exact) mass is 166 g/mol. The lowest BCUT2D eigenvalue weighted by molar-refractivity contribution is -0.116. The van der Waals surface area contributed by atoms with Gasteiger partial charge in [0.15, 0.2) is 5.76 Å². The molecule has 1 rings (SSSR count). The third-order valence-electron chi connectivity index (χ3n) is 1.30. The molecule has 1 N–H and O–H groups in total. The van der Waals surface area contributed by atoms with E-state index in [1.807, 2.05) is 6.92 Å². The van der Waals surface area contributed by atoms with Gasteiger partial charge in [-0.1, -0.05) is 11.7 Å². The molecule has 0 saturated heterocycles. The fourth-order valence-corrected chi connectivity index (χ4v) is 0.746. The van der Waals surface area contributed by atoms with Crippen LogP contribution in [0.1, 0.15) is 11.5 Å². The van der Waals surface area contributed by atoms with Crippen LogP contribution in [-0.4, -0.2) is 11.1 Å². The van der Waals surface area contributed by atoms with Gasteiger partial charge in [-0.3, -0.25) is 4.79 Å². The van der Waals surface area contributed by atoms with Gasteiger partial charge in [-0.05, 0) is 13.0 Å². The fourth-order valence-electron chi connectivity index (χ4n) is 0.746. The predicted octanol–water partition coefficient (Wildman–Crippen LogP) is 0.785. The summed E-state index contributed by atoms with van der Waals surface area (Å²) in [6, 6.07) is 1.77. The Morgan fingerprint density at radius 2 is 2.67 bits per heavy atom. The Kier molecular flexibility index (Phi) is 2.63. The third-order valence-corrected chi connectivity index (χ3v) is 1.30. The molecule has 4 nitrogen and oxygen atoms in total. The summed E-state index contributed by atoms with van der Waals surface area (Å²) in [4.78, 5) is 10.7. The van der Waals surface area contributed by atoms with Crippen molar-refractivity contribution >= 4 is 5.91 Å². The highest BCUT2D eigenvalue weighted by Crippen LogP contribution is 2.00. The minimum absolute atomic E-state index is 0.218. The smallest absolute Gasteiger partial charge is 0.243 e. The van der Waals surface area contributed by atoms with Crippen LogP contribution in [0.5, 0.6) is 0 Å². The molecule has 0 aliphatic rings. The Labute approximate surface area is 70.2 Å². The molecular formula is C8H10N2O2. The van der Waals surface area contributed by atoms with Gasteiger partial charge in [0.05, 0.1) is 12.2 Å². The molecule has 0 aromatic carbocycles. The third kappa shape index (κ3) is 2.23. The lowest BCUT2D eigenvalue weighted by atomic mass is 10.4. The molecular weight excluding hydrogens is 156 g/mol. The molecule has 0 saturated carbocycles. The second kappa shape index (κ2) is 3.71. The number of hydrogen-bond acceptors (Lipinski definition) is 3. The standard InChI is InChI=1S/C8H10N2O2/c1-3-8(11)9-5-7-4-6(2)10-12-7/h3-4H,1,5H2,2H3,(H,9,11). The van der Waals surface area contributed by atoms with E-state index in [-0.39, 0.29) is 5.91 Å². The topological polar surface area (TPSA) is 55.1 Å². The first kappa shape index (κ1) is 8.52. The van der Waals surface area contributed by atoms with Gasteiger partial charge >= 0.3 is 0 Å². The van der Waals surface area contributed by atoms with Crippen LogP contribution < -0.4 is 5.32 Å². The van der Waals surface area contributed by atoms with E-state index in [4.69, 9.17) is 4.52 Å². The first-order valence-corrected chi connectivity index (χ1v) is 3.55. The van der Waals surface area contributed by atoms with Crippen molar-refractivity contribution in [3.05, 3.63) is 30.2 Å².